The van der Waals surface area contributed by atoms with Crippen molar-refractivity contribution >= 4 is 10.9 Å². The second kappa shape index (κ2) is 9.67. The van der Waals surface area contributed by atoms with Gasteiger partial charge >= 0.3 is 0 Å². The van der Waals surface area contributed by atoms with Gasteiger partial charge in [-0.1, -0.05) is 42.5 Å². The zero-order valence-corrected chi connectivity index (χ0v) is 18.7. The Bertz CT molecular complexity index is 1580. The number of halogens is 3. The fraction of sp³-hybridized carbons (Fsp3) is 0.0714. The Hall–Kier alpha value is -4.43. The minimum atomic E-state index is -1.03. The first kappa shape index (κ1) is 23.3. The lowest BCUT2D eigenvalue weighted by molar-refractivity contribution is 0.220. The summed E-state index contributed by atoms with van der Waals surface area (Å²) >= 11 is 0. The van der Waals surface area contributed by atoms with Crippen LogP contribution in [0.2, 0.25) is 0 Å². The highest BCUT2D eigenvalue weighted by Gasteiger charge is 2.15. The third-order valence-corrected chi connectivity index (χ3v) is 5.80. The van der Waals surface area contributed by atoms with Crippen LogP contribution in [0.4, 0.5) is 13.2 Å². The highest BCUT2D eigenvalue weighted by atomic mass is 19.1. The normalized spacial score (nSPS) is 12.0. The first-order valence-electron chi connectivity index (χ1n) is 11.0. The van der Waals surface area contributed by atoms with Crippen molar-refractivity contribution < 1.29 is 23.0 Å². The largest absolute Gasteiger partial charge is 0.457 e. The van der Waals surface area contributed by atoms with Gasteiger partial charge in [-0.05, 0) is 41.5 Å². The molecule has 0 saturated heterocycles. The quantitative estimate of drug-likeness (QED) is 0.331. The Kier molecular flexibility index (Phi) is 6.26. The topological polar surface area (TPSA) is 64.4 Å². The Labute approximate surface area is 203 Å². The van der Waals surface area contributed by atoms with Crippen LogP contribution in [-0.4, -0.2) is 14.7 Å². The Morgan fingerprint density at radius 3 is 2.17 bits per heavy atom. The molecule has 0 saturated carbocycles. The summed E-state index contributed by atoms with van der Waals surface area (Å²) in [4.78, 5) is 16.2. The van der Waals surface area contributed by atoms with Crippen molar-refractivity contribution in [2.75, 3.05) is 0 Å². The van der Waals surface area contributed by atoms with Crippen molar-refractivity contribution in [2.24, 2.45) is 0 Å². The van der Waals surface area contributed by atoms with Crippen LogP contribution in [0.3, 0.4) is 0 Å². The molecule has 1 atom stereocenters. The molecule has 36 heavy (non-hydrogen) atoms. The molecule has 0 radical (unpaired) electrons. The van der Waals surface area contributed by atoms with E-state index in [1.807, 2.05) is 30.3 Å². The zero-order valence-electron chi connectivity index (χ0n) is 18.7. The molecule has 0 aliphatic heterocycles. The smallest absolute Gasteiger partial charge is 0.280 e. The molecular weight excluding hydrogens is 469 g/mol. The predicted octanol–water partition coefficient (Wildman–Crippen LogP) is 5.74. The Balaban J connectivity index is 1.40. The van der Waals surface area contributed by atoms with Crippen molar-refractivity contribution in [1.82, 2.24) is 9.55 Å². The van der Waals surface area contributed by atoms with E-state index in [1.54, 1.807) is 36.4 Å². The van der Waals surface area contributed by atoms with Gasteiger partial charge in [-0.25, -0.2) is 13.2 Å². The molecule has 1 aromatic heterocycles. The zero-order chi connectivity index (χ0) is 25.2. The number of aromatic nitrogens is 2. The van der Waals surface area contributed by atoms with Gasteiger partial charge in [0.25, 0.3) is 5.56 Å². The molecule has 5 rings (SSSR count). The van der Waals surface area contributed by atoms with Gasteiger partial charge in [-0.2, -0.15) is 4.98 Å². The fourth-order valence-corrected chi connectivity index (χ4v) is 3.96. The SMILES string of the molecule is O=c1ncn(Cc2c(F)cc(F)cc2F)c2ccc(Oc3ccc(C(O)c4ccccc4)cc3)cc12. The summed E-state index contributed by atoms with van der Waals surface area (Å²) in [5.41, 5.74) is 0.963. The second-order valence-electron chi connectivity index (χ2n) is 8.19. The summed E-state index contributed by atoms with van der Waals surface area (Å²) in [5.74, 6) is -2.23. The summed E-state index contributed by atoms with van der Waals surface area (Å²) in [5, 5.41) is 10.7. The number of benzene rings is 4. The number of aliphatic hydroxyl groups excluding tert-OH is 1. The van der Waals surface area contributed by atoms with Crippen LogP contribution < -0.4 is 10.3 Å². The van der Waals surface area contributed by atoms with Crippen LogP contribution in [0, 0.1) is 17.5 Å². The van der Waals surface area contributed by atoms with Gasteiger partial charge in [-0.15, -0.1) is 0 Å². The minimum absolute atomic E-state index is 0.189. The van der Waals surface area contributed by atoms with Crippen LogP contribution >= 0.6 is 0 Å². The number of rotatable bonds is 6. The molecule has 0 aliphatic carbocycles. The number of nitrogens with zero attached hydrogens (tertiary/aromatic N) is 2. The maximum absolute atomic E-state index is 14.1. The third kappa shape index (κ3) is 4.71. The molecule has 0 amide bonds. The van der Waals surface area contributed by atoms with Gasteiger partial charge < -0.3 is 14.4 Å². The molecule has 0 bridgehead atoms. The lowest BCUT2D eigenvalue weighted by Gasteiger charge is -2.14. The van der Waals surface area contributed by atoms with E-state index in [0.29, 0.717) is 34.7 Å². The van der Waals surface area contributed by atoms with Crippen molar-refractivity contribution in [2.45, 2.75) is 12.6 Å². The predicted molar refractivity (Wildman–Crippen MR) is 128 cm³/mol. The molecule has 180 valence electrons. The van der Waals surface area contributed by atoms with E-state index >= 15 is 0 Å². The fourth-order valence-electron chi connectivity index (χ4n) is 3.96. The van der Waals surface area contributed by atoms with E-state index in [-0.39, 0.29) is 17.5 Å². The van der Waals surface area contributed by atoms with Gasteiger partial charge in [0.05, 0.1) is 23.8 Å². The Morgan fingerprint density at radius 1 is 0.833 bits per heavy atom. The summed E-state index contributed by atoms with van der Waals surface area (Å²) in [6.07, 6.45) is 0.408. The van der Waals surface area contributed by atoms with E-state index in [1.165, 1.54) is 17.0 Å². The monoisotopic (exact) mass is 488 g/mol. The summed E-state index contributed by atoms with van der Waals surface area (Å²) in [6, 6.07) is 22.0. The first-order valence-corrected chi connectivity index (χ1v) is 11.0. The van der Waals surface area contributed by atoms with Crippen molar-refractivity contribution in [1.29, 1.82) is 0 Å². The van der Waals surface area contributed by atoms with Gasteiger partial charge in [0.15, 0.2) is 0 Å². The molecule has 1 unspecified atom stereocenters. The van der Waals surface area contributed by atoms with Crippen molar-refractivity contribution in [3.63, 3.8) is 0 Å². The van der Waals surface area contributed by atoms with E-state index in [0.717, 1.165) is 5.56 Å². The highest BCUT2D eigenvalue weighted by Crippen LogP contribution is 2.28. The lowest BCUT2D eigenvalue weighted by atomic mass is 10.0. The molecule has 4 aromatic carbocycles. The molecule has 8 heteroatoms. The summed E-state index contributed by atoms with van der Waals surface area (Å²) in [6.45, 7) is -0.285. The number of aliphatic hydroxyl groups is 1. The summed E-state index contributed by atoms with van der Waals surface area (Å²) < 4.78 is 48.8. The molecule has 0 aliphatic rings. The first-order chi connectivity index (χ1) is 17.4. The van der Waals surface area contributed by atoms with E-state index in [9.17, 15) is 23.1 Å². The molecular formula is C28H19F3N2O3. The average Bonchev–Trinajstić information content (AvgIpc) is 2.88. The number of ether oxygens (including phenoxy) is 1. The lowest BCUT2D eigenvalue weighted by Crippen LogP contribution is -2.14. The summed E-state index contributed by atoms with van der Waals surface area (Å²) in [7, 11) is 0. The van der Waals surface area contributed by atoms with Crippen LogP contribution in [0.25, 0.3) is 10.9 Å². The maximum atomic E-state index is 14.1. The van der Waals surface area contributed by atoms with Gasteiger partial charge in [0.1, 0.15) is 35.1 Å². The number of hydrogen-bond acceptors (Lipinski definition) is 4. The van der Waals surface area contributed by atoms with Gasteiger partial charge in [-0.3, -0.25) is 4.79 Å². The van der Waals surface area contributed by atoms with E-state index in [4.69, 9.17) is 4.74 Å². The maximum Gasteiger partial charge on any atom is 0.280 e. The third-order valence-electron chi connectivity index (χ3n) is 5.80. The molecule has 0 spiro atoms. The van der Waals surface area contributed by atoms with Crippen molar-refractivity contribution in [3.8, 4) is 11.5 Å². The molecule has 1 N–H and O–H groups in total. The molecule has 0 fully saturated rings. The van der Waals surface area contributed by atoms with Crippen LogP contribution in [0.1, 0.15) is 22.8 Å². The Morgan fingerprint density at radius 2 is 1.47 bits per heavy atom. The van der Waals surface area contributed by atoms with Crippen LogP contribution in [-0.2, 0) is 6.54 Å². The van der Waals surface area contributed by atoms with E-state index in [2.05, 4.69) is 4.98 Å². The molecule has 1 heterocycles. The van der Waals surface area contributed by atoms with E-state index < -0.39 is 29.1 Å². The number of hydrogen-bond donors (Lipinski definition) is 1. The second-order valence-corrected chi connectivity index (χ2v) is 8.19. The van der Waals surface area contributed by atoms with Crippen LogP contribution in [0.5, 0.6) is 11.5 Å². The van der Waals surface area contributed by atoms with Gasteiger partial charge in [0.2, 0.25) is 0 Å². The average molecular weight is 488 g/mol. The van der Waals surface area contributed by atoms with Crippen LogP contribution in [0.15, 0.2) is 96.1 Å². The molecule has 5 nitrogen and oxygen atoms in total. The highest BCUT2D eigenvalue weighted by molar-refractivity contribution is 5.79. The standard InChI is InChI=1S/C28H19F3N2O3/c29-19-12-24(30)23(25(31)13-19)15-33-16-32-28(35)22-14-21(10-11-26(22)33)36-20-8-6-18(7-9-20)27(34)17-4-2-1-3-5-17/h1-14,16,27,34H,15H2. The van der Waals surface area contributed by atoms with Gasteiger partial charge in [0, 0.05) is 17.7 Å². The molecule has 5 aromatic rings. The minimum Gasteiger partial charge on any atom is -0.457 e. The number of fused-ring (bicyclic) bond motifs is 1. The van der Waals surface area contributed by atoms with Crippen molar-refractivity contribution in [3.05, 3.63) is 136 Å².